The van der Waals surface area contributed by atoms with Gasteiger partial charge in [-0.25, -0.2) is 0 Å². The van der Waals surface area contributed by atoms with Crippen LogP contribution in [0.3, 0.4) is 0 Å². The summed E-state index contributed by atoms with van der Waals surface area (Å²) in [5.74, 6) is 0.106. The van der Waals surface area contributed by atoms with E-state index in [9.17, 15) is 4.79 Å². The average Bonchev–Trinajstić information content (AvgIpc) is 3.59. The van der Waals surface area contributed by atoms with Gasteiger partial charge >= 0.3 is 0 Å². The molecule has 1 heterocycles. The van der Waals surface area contributed by atoms with Crippen molar-refractivity contribution in [2.24, 2.45) is 5.73 Å². The summed E-state index contributed by atoms with van der Waals surface area (Å²) in [5.41, 5.74) is 9.28. The average molecular weight is 428 g/mol. The maximum atomic E-state index is 13.4. The SMILES string of the molecule is Cc1ccc(N2CCN(C(=N)N)CC2)cc1C(=O)NC1(c2cccc3ccccc23)CC1. The van der Waals surface area contributed by atoms with Gasteiger partial charge in [0.2, 0.25) is 0 Å². The lowest BCUT2D eigenvalue weighted by molar-refractivity contribution is 0.0930. The molecule has 5 rings (SSSR count). The Morgan fingerprint density at radius 1 is 1.00 bits per heavy atom. The molecule has 0 aromatic heterocycles. The fraction of sp³-hybridized carbons (Fsp3) is 0.308. The second-order valence-corrected chi connectivity index (χ2v) is 8.92. The molecule has 1 saturated carbocycles. The zero-order chi connectivity index (χ0) is 22.3. The molecule has 0 spiro atoms. The molecule has 0 atom stereocenters. The molecule has 1 amide bonds. The second kappa shape index (κ2) is 7.86. The first-order valence-electron chi connectivity index (χ1n) is 11.2. The predicted molar refractivity (Wildman–Crippen MR) is 129 cm³/mol. The molecule has 6 heteroatoms. The van der Waals surface area contributed by atoms with Crippen molar-refractivity contribution < 1.29 is 4.79 Å². The maximum absolute atomic E-state index is 13.4. The highest BCUT2D eigenvalue weighted by Gasteiger charge is 2.46. The van der Waals surface area contributed by atoms with Crippen LogP contribution in [0.1, 0.15) is 34.3 Å². The summed E-state index contributed by atoms with van der Waals surface area (Å²) in [5, 5.41) is 13.4. The van der Waals surface area contributed by atoms with Crippen LogP contribution in [-0.2, 0) is 5.54 Å². The molecule has 2 fully saturated rings. The second-order valence-electron chi connectivity index (χ2n) is 8.92. The van der Waals surface area contributed by atoms with Crippen LogP contribution in [0.5, 0.6) is 0 Å². The molecule has 1 aliphatic heterocycles. The van der Waals surface area contributed by atoms with Gasteiger partial charge < -0.3 is 20.9 Å². The smallest absolute Gasteiger partial charge is 0.252 e. The first-order valence-corrected chi connectivity index (χ1v) is 11.2. The molecule has 3 aromatic carbocycles. The normalized spacial score (nSPS) is 17.3. The van der Waals surface area contributed by atoms with E-state index in [-0.39, 0.29) is 17.4 Å². The van der Waals surface area contributed by atoms with E-state index < -0.39 is 0 Å². The molecule has 1 aliphatic carbocycles. The minimum absolute atomic E-state index is 0.0165. The van der Waals surface area contributed by atoms with Crippen molar-refractivity contribution in [2.45, 2.75) is 25.3 Å². The zero-order valence-electron chi connectivity index (χ0n) is 18.4. The highest BCUT2D eigenvalue weighted by Crippen LogP contribution is 2.48. The molecule has 4 N–H and O–H groups in total. The first-order chi connectivity index (χ1) is 15.5. The number of carbonyl (C=O) groups is 1. The monoisotopic (exact) mass is 427 g/mol. The van der Waals surface area contributed by atoms with E-state index in [4.69, 9.17) is 11.1 Å². The third-order valence-electron chi connectivity index (χ3n) is 6.86. The first kappa shape index (κ1) is 20.4. The number of anilines is 1. The number of guanidine groups is 1. The highest BCUT2D eigenvalue weighted by atomic mass is 16.1. The number of piperazine rings is 1. The fourth-order valence-electron chi connectivity index (χ4n) is 4.77. The Labute approximate surface area is 188 Å². The third-order valence-corrected chi connectivity index (χ3v) is 6.86. The van der Waals surface area contributed by atoms with Crippen molar-refractivity contribution in [3.63, 3.8) is 0 Å². The summed E-state index contributed by atoms with van der Waals surface area (Å²) in [6, 6.07) is 20.8. The lowest BCUT2D eigenvalue weighted by atomic mass is 9.96. The van der Waals surface area contributed by atoms with Crippen molar-refractivity contribution in [2.75, 3.05) is 31.1 Å². The van der Waals surface area contributed by atoms with E-state index in [1.165, 1.54) is 16.3 Å². The summed E-state index contributed by atoms with van der Waals surface area (Å²) >= 11 is 0. The van der Waals surface area contributed by atoms with Crippen LogP contribution in [0.2, 0.25) is 0 Å². The third kappa shape index (κ3) is 3.66. The quantitative estimate of drug-likeness (QED) is 0.439. The van der Waals surface area contributed by atoms with Gasteiger partial charge in [-0.15, -0.1) is 0 Å². The topological polar surface area (TPSA) is 85.5 Å². The number of rotatable bonds is 4. The summed E-state index contributed by atoms with van der Waals surface area (Å²) < 4.78 is 0. The Kier molecular flexibility index (Phi) is 5.00. The molecular formula is C26H29N5O. The van der Waals surface area contributed by atoms with Crippen molar-refractivity contribution in [1.82, 2.24) is 10.2 Å². The standard InChI is InChI=1S/C26H29N5O/c1-18-9-10-20(30-13-15-31(16-14-30)25(27)28)17-22(18)24(32)29-26(11-12-26)23-8-4-6-19-5-2-3-7-21(19)23/h2-10,17H,11-16H2,1H3,(H3,27,28)(H,29,32). The predicted octanol–water partition coefficient (Wildman–Crippen LogP) is 3.58. The Morgan fingerprint density at radius 2 is 1.72 bits per heavy atom. The molecule has 0 radical (unpaired) electrons. The Balaban J connectivity index is 1.38. The number of benzene rings is 3. The lowest BCUT2D eigenvalue weighted by Crippen LogP contribution is -2.50. The van der Waals surface area contributed by atoms with Gasteiger partial charge in [0.1, 0.15) is 0 Å². The van der Waals surface area contributed by atoms with Gasteiger partial charge in [0, 0.05) is 37.4 Å². The number of hydrogen-bond acceptors (Lipinski definition) is 3. The van der Waals surface area contributed by atoms with E-state index in [1.807, 2.05) is 24.0 Å². The number of nitrogens with two attached hydrogens (primary N) is 1. The van der Waals surface area contributed by atoms with Gasteiger partial charge in [-0.2, -0.15) is 0 Å². The van der Waals surface area contributed by atoms with Crippen LogP contribution < -0.4 is 16.0 Å². The molecule has 0 bridgehead atoms. The largest absolute Gasteiger partial charge is 0.370 e. The van der Waals surface area contributed by atoms with Gasteiger partial charge in [0.25, 0.3) is 5.91 Å². The summed E-state index contributed by atoms with van der Waals surface area (Å²) in [6.07, 6.45) is 1.91. The molecule has 164 valence electrons. The van der Waals surface area contributed by atoms with Crippen molar-refractivity contribution in [3.05, 3.63) is 77.4 Å². The van der Waals surface area contributed by atoms with Crippen LogP contribution >= 0.6 is 0 Å². The van der Waals surface area contributed by atoms with E-state index in [0.29, 0.717) is 0 Å². The van der Waals surface area contributed by atoms with Crippen LogP contribution in [0, 0.1) is 12.3 Å². The minimum Gasteiger partial charge on any atom is -0.370 e. The molecule has 1 saturated heterocycles. The van der Waals surface area contributed by atoms with Gasteiger partial charge in [0.05, 0.1) is 5.54 Å². The van der Waals surface area contributed by atoms with E-state index in [1.54, 1.807) is 0 Å². The summed E-state index contributed by atoms with van der Waals surface area (Å²) in [7, 11) is 0. The Morgan fingerprint density at radius 3 is 2.44 bits per heavy atom. The number of fused-ring (bicyclic) bond motifs is 1. The van der Waals surface area contributed by atoms with E-state index >= 15 is 0 Å². The van der Waals surface area contributed by atoms with Crippen molar-refractivity contribution in [3.8, 4) is 0 Å². The molecule has 32 heavy (non-hydrogen) atoms. The number of hydrogen-bond donors (Lipinski definition) is 3. The van der Waals surface area contributed by atoms with E-state index in [0.717, 1.165) is 55.8 Å². The van der Waals surface area contributed by atoms with Gasteiger partial charge in [-0.1, -0.05) is 48.5 Å². The number of amides is 1. The van der Waals surface area contributed by atoms with Crippen LogP contribution in [-0.4, -0.2) is 42.9 Å². The molecule has 6 nitrogen and oxygen atoms in total. The lowest BCUT2D eigenvalue weighted by Gasteiger charge is -2.36. The van der Waals surface area contributed by atoms with Crippen LogP contribution in [0.25, 0.3) is 10.8 Å². The molecular weight excluding hydrogens is 398 g/mol. The van der Waals surface area contributed by atoms with Gasteiger partial charge in [-0.05, 0) is 53.8 Å². The summed E-state index contributed by atoms with van der Waals surface area (Å²) in [4.78, 5) is 17.6. The van der Waals surface area contributed by atoms with Crippen molar-refractivity contribution in [1.29, 1.82) is 5.41 Å². The van der Waals surface area contributed by atoms with Crippen LogP contribution in [0.4, 0.5) is 5.69 Å². The van der Waals surface area contributed by atoms with Crippen molar-refractivity contribution >= 4 is 28.3 Å². The van der Waals surface area contributed by atoms with Gasteiger partial charge in [0.15, 0.2) is 5.96 Å². The Bertz CT molecular complexity index is 1190. The van der Waals surface area contributed by atoms with Crippen LogP contribution in [0.15, 0.2) is 60.7 Å². The van der Waals surface area contributed by atoms with Gasteiger partial charge in [-0.3, -0.25) is 10.2 Å². The fourth-order valence-corrected chi connectivity index (χ4v) is 4.77. The minimum atomic E-state index is -0.284. The Hall–Kier alpha value is -3.54. The number of carbonyl (C=O) groups excluding carboxylic acids is 1. The number of aryl methyl sites for hydroxylation is 1. The number of nitrogens with one attached hydrogen (secondary N) is 2. The molecule has 0 unspecified atom stereocenters. The highest BCUT2D eigenvalue weighted by molar-refractivity contribution is 5.98. The summed E-state index contributed by atoms with van der Waals surface area (Å²) in [6.45, 7) is 4.99. The molecule has 3 aromatic rings. The van der Waals surface area contributed by atoms with E-state index in [2.05, 4.69) is 58.7 Å². The zero-order valence-corrected chi connectivity index (χ0v) is 18.4. The maximum Gasteiger partial charge on any atom is 0.252 e. The number of nitrogens with zero attached hydrogens (tertiary/aromatic N) is 2. The molecule has 2 aliphatic rings.